The number of hydrogen-bond acceptors (Lipinski definition) is 5. The van der Waals surface area contributed by atoms with Crippen LogP contribution in [0.4, 0.5) is 0 Å². The summed E-state index contributed by atoms with van der Waals surface area (Å²) in [7, 11) is 0. The monoisotopic (exact) mass is 440 g/mol. The van der Waals surface area contributed by atoms with E-state index in [1.807, 2.05) is 36.4 Å². The maximum absolute atomic E-state index is 6.36. The largest absolute Gasteiger partial charge is 0.339 e. The summed E-state index contributed by atoms with van der Waals surface area (Å²) < 4.78 is 5.83. The minimum absolute atomic E-state index is 0.0749. The van der Waals surface area contributed by atoms with E-state index in [9.17, 15) is 0 Å². The van der Waals surface area contributed by atoms with Crippen LogP contribution in [0.3, 0.4) is 0 Å². The Bertz CT molecular complexity index is 1050. The number of nitrogens with zero attached hydrogens (tertiary/aromatic N) is 4. The van der Waals surface area contributed by atoms with Crippen LogP contribution in [0.2, 0.25) is 10.0 Å². The predicted molar refractivity (Wildman–Crippen MR) is 118 cm³/mol. The molecule has 7 heteroatoms. The van der Waals surface area contributed by atoms with E-state index in [2.05, 4.69) is 27.7 Å². The third-order valence-electron chi connectivity index (χ3n) is 6.40. The molecule has 154 valence electrons. The zero-order valence-electron chi connectivity index (χ0n) is 16.4. The summed E-state index contributed by atoms with van der Waals surface area (Å²) in [4.78, 5) is 11.7. The Hall–Kier alpha value is -2.21. The van der Waals surface area contributed by atoms with Crippen molar-refractivity contribution in [3.05, 3.63) is 76.7 Å². The molecule has 1 aromatic carbocycles. The van der Waals surface area contributed by atoms with Crippen LogP contribution < -0.4 is 0 Å². The van der Waals surface area contributed by atoms with E-state index in [1.54, 1.807) is 6.20 Å². The highest BCUT2D eigenvalue weighted by molar-refractivity contribution is 6.42. The van der Waals surface area contributed by atoms with Gasteiger partial charge in [-0.2, -0.15) is 4.98 Å². The Labute approximate surface area is 185 Å². The molecule has 0 spiro atoms. The van der Waals surface area contributed by atoms with Gasteiger partial charge in [-0.1, -0.05) is 46.6 Å². The molecule has 0 aliphatic carbocycles. The van der Waals surface area contributed by atoms with Gasteiger partial charge in [0.05, 0.1) is 16.0 Å². The molecule has 2 bridgehead atoms. The van der Waals surface area contributed by atoms with Gasteiger partial charge in [0.25, 0.3) is 0 Å². The zero-order chi connectivity index (χ0) is 20.7. The van der Waals surface area contributed by atoms with Crippen molar-refractivity contribution in [2.24, 2.45) is 0 Å². The summed E-state index contributed by atoms with van der Waals surface area (Å²) in [5.41, 5.74) is 1.88. The van der Waals surface area contributed by atoms with Crippen molar-refractivity contribution in [3.63, 3.8) is 0 Å². The SMILES string of the molecule is C=CCN1C2CCC1[C@H](c1nc(-c3ccccn3)no1)[C@@H](c1ccc(Cl)c(Cl)c1)C2. The molecule has 3 aromatic rings. The maximum Gasteiger partial charge on any atom is 0.232 e. The van der Waals surface area contributed by atoms with Gasteiger partial charge in [0.2, 0.25) is 11.7 Å². The number of fused-ring (bicyclic) bond motifs is 2. The highest BCUT2D eigenvalue weighted by Crippen LogP contribution is 2.51. The molecule has 2 aliphatic heterocycles. The summed E-state index contributed by atoms with van der Waals surface area (Å²) >= 11 is 12.5. The van der Waals surface area contributed by atoms with E-state index in [0.29, 0.717) is 39.5 Å². The van der Waals surface area contributed by atoms with Crippen LogP contribution >= 0.6 is 23.2 Å². The fourth-order valence-electron chi connectivity index (χ4n) is 5.14. The number of pyridine rings is 1. The molecule has 30 heavy (non-hydrogen) atoms. The lowest BCUT2D eigenvalue weighted by atomic mass is 9.76. The summed E-state index contributed by atoms with van der Waals surface area (Å²) in [6.45, 7) is 4.82. The number of hydrogen-bond donors (Lipinski definition) is 0. The summed E-state index contributed by atoms with van der Waals surface area (Å²) in [6, 6.07) is 12.5. The van der Waals surface area contributed by atoms with Gasteiger partial charge in [-0.25, -0.2) is 0 Å². The average Bonchev–Trinajstić information content (AvgIpc) is 3.35. The molecule has 4 atom stereocenters. The normalized spacial score (nSPS) is 26.1. The van der Waals surface area contributed by atoms with Gasteiger partial charge in [-0.3, -0.25) is 9.88 Å². The van der Waals surface area contributed by atoms with Crippen LogP contribution in [-0.4, -0.2) is 38.7 Å². The standard InChI is InChI=1S/C23H22Cl2N4O/c1-2-11-29-15-7-9-20(29)21(16(13-15)14-6-8-17(24)18(25)12-14)23-27-22(28-30-23)19-5-3-4-10-26-19/h2-6,8,10,12,15-16,20-21H,1,7,9,11,13H2/t15?,16-,20?,21-/m1/s1. The van der Waals surface area contributed by atoms with Crippen LogP contribution in [0, 0.1) is 0 Å². The van der Waals surface area contributed by atoms with E-state index >= 15 is 0 Å². The van der Waals surface area contributed by atoms with E-state index in [-0.39, 0.29) is 11.8 Å². The van der Waals surface area contributed by atoms with E-state index in [4.69, 9.17) is 32.7 Å². The highest BCUT2D eigenvalue weighted by atomic mass is 35.5. The van der Waals surface area contributed by atoms with E-state index in [1.165, 1.54) is 5.56 Å². The Morgan fingerprint density at radius 2 is 2.07 bits per heavy atom. The lowest BCUT2D eigenvalue weighted by Crippen LogP contribution is -2.47. The van der Waals surface area contributed by atoms with Gasteiger partial charge in [-0.15, -0.1) is 6.58 Å². The Morgan fingerprint density at radius 1 is 1.17 bits per heavy atom. The molecule has 2 aromatic heterocycles. The first-order valence-electron chi connectivity index (χ1n) is 10.2. The highest BCUT2D eigenvalue weighted by Gasteiger charge is 2.50. The molecule has 5 nitrogen and oxygen atoms in total. The molecule has 5 rings (SSSR count). The molecule has 0 N–H and O–H groups in total. The minimum atomic E-state index is 0.0749. The molecular weight excluding hydrogens is 419 g/mol. The average molecular weight is 441 g/mol. The predicted octanol–water partition coefficient (Wildman–Crippen LogP) is 5.73. The number of aromatic nitrogens is 3. The van der Waals surface area contributed by atoms with Crippen LogP contribution in [0.25, 0.3) is 11.5 Å². The lowest BCUT2D eigenvalue weighted by Gasteiger charge is -2.43. The minimum Gasteiger partial charge on any atom is -0.339 e. The van der Waals surface area contributed by atoms with Gasteiger partial charge in [0, 0.05) is 24.8 Å². The number of halogens is 2. The van der Waals surface area contributed by atoms with E-state index in [0.717, 1.165) is 25.8 Å². The summed E-state index contributed by atoms with van der Waals surface area (Å²) in [6.07, 6.45) is 6.98. The molecule has 0 amide bonds. The first-order valence-corrected chi connectivity index (χ1v) is 11.0. The van der Waals surface area contributed by atoms with Gasteiger partial charge in [0.15, 0.2) is 0 Å². The van der Waals surface area contributed by atoms with Crippen molar-refractivity contribution in [2.75, 3.05) is 6.54 Å². The number of piperidine rings is 1. The molecule has 2 saturated heterocycles. The Kier molecular flexibility index (Phi) is 5.35. The van der Waals surface area contributed by atoms with Crippen molar-refractivity contribution in [2.45, 2.75) is 43.2 Å². The van der Waals surface area contributed by atoms with Crippen molar-refractivity contribution < 1.29 is 4.52 Å². The van der Waals surface area contributed by atoms with Crippen molar-refractivity contribution in [3.8, 4) is 11.5 Å². The van der Waals surface area contributed by atoms with Crippen LogP contribution in [0.15, 0.2) is 59.8 Å². The zero-order valence-corrected chi connectivity index (χ0v) is 17.9. The molecule has 2 unspecified atom stereocenters. The van der Waals surface area contributed by atoms with Crippen molar-refractivity contribution >= 4 is 23.2 Å². The molecule has 0 saturated carbocycles. The van der Waals surface area contributed by atoms with Gasteiger partial charge < -0.3 is 4.52 Å². The maximum atomic E-state index is 6.36. The first-order chi connectivity index (χ1) is 14.7. The van der Waals surface area contributed by atoms with Gasteiger partial charge in [-0.05, 0) is 55.0 Å². The van der Waals surface area contributed by atoms with Crippen LogP contribution in [0.5, 0.6) is 0 Å². The second-order valence-electron chi connectivity index (χ2n) is 8.00. The molecule has 2 fully saturated rings. The van der Waals surface area contributed by atoms with Crippen molar-refractivity contribution in [1.29, 1.82) is 0 Å². The molecule has 4 heterocycles. The van der Waals surface area contributed by atoms with Crippen molar-refractivity contribution in [1.82, 2.24) is 20.0 Å². The summed E-state index contributed by atoms with van der Waals surface area (Å²) in [5.74, 6) is 1.49. The summed E-state index contributed by atoms with van der Waals surface area (Å²) in [5, 5.41) is 5.39. The Balaban J connectivity index is 1.56. The van der Waals surface area contributed by atoms with E-state index < -0.39 is 0 Å². The second kappa shape index (κ2) is 8.14. The molecule has 0 radical (unpaired) electrons. The third-order valence-corrected chi connectivity index (χ3v) is 7.14. The number of rotatable bonds is 5. The number of benzene rings is 1. The van der Waals surface area contributed by atoms with Gasteiger partial charge in [0.1, 0.15) is 5.69 Å². The topological polar surface area (TPSA) is 55.1 Å². The first kappa shape index (κ1) is 19.7. The lowest BCUT2D eigenvalue weighted by molar-refractivity contribution is 0.104. The van der Waals surface area contributed by atoms with Gasteiger partial charge >= 0.3 is 0 Å². The second-order valence-corrected chi connectivity index (χ2v) is 8.81. The molecule has 2 aliphatic rings. The third kappa shape index (κ3) is 3.45. The quantitative estimate of drug-likeness (QED) is 0.474. The fraction of sp³-hybridized carbons (Fsp3) is 0.348. The molecular formula is C23H22Cl2N4O. The van der Waals surface area contributed by atoms with Crippen LogP contribution in [-0.2, 0) is 0 Å². The smallest absolute Gasteiger partial charge is 0.232 e. The fourth-order valence-corrected chi connectivity index (χ4v) is 5.45. The van der Waals surface area contributed by atoms with Crippen LogP contribution in [0.1, 0.15) is 42.6 Å². The Morgan fingerprint density at radius 3 is 2.83 bits per heavy atom.